The van der Waals surface area contributed by atoms with E-state index in [1.54, 1.807) is 11.0 Å². The predicted molar refractivity (Wildman–Crippen MR) is 196 cm³/mol. The van der Waals surface area contributed by atoms with Crippen LogP contribution in [-0.2, 0) is 25.3 Å². The van der Waals surface area contributed by atoms with Gasteiger partial charge in [0.15, 0.2) is 14.1 Å². The van der Waals surface area contributed by atoms with Crippen molar-refractivity contribution in [1.29, 1.82) is 0 Å². The van der Waals surface area contributed by atoms with Crippen molar-refractivity contribution in [3.05, 3.63) is 30.1 Å². The van der Waals surface area contributed by atoms with Gasteiger partial charge in [0.05, 0.1) is 12.0 Å². The first-order valence-corrected chi connectivity index (χ1v) is 23.0. The summed E-state index contributed by atoms with van der Waals surface area (Å²) in [6, 6.07) is 1.39. The van der Waals surface area contributed by atoms with Crippen molar-refractivity contribution in [2.75, 3.05) is 31.7 Å². The van der Waals surface area contributed by atoms with E-state index in [1.807, 2.05) is 24.6 Å². The molecule has 0 bridgehead atoms. The van der Waals surface area contributed by atoms with Gasteiger partial charge in [-0.2, -0.15) is 5.10 Å². The van der Waals surface area contributed by atoms with Gasteiger partial charge in [-0.3, -0.25) is 14.3 Å². The van der Waals surface area contributed by atoms with Gasteiger partial charge < -0.3 is 14.1 Å². The average molecular weight is 678 g/mol. The van der Waals surface area contributed by atoms with Gasteiger partial charge in [-0.15, -0.1) is 0 Å². The molecule has 0 spiro atoms. The molecule has 0 radical (unpaired) electrons. The van der Waals surface area contributed by atoms with Gasteiger partial charge in [0.25, 0.3) is 0 Å². The fourth-order valence-electron chi connectivity index (χ4n) is 6.09. The van der Waals surface area contributed by atoms with Crippen LogP contribution in [0.15, 0.2) is 18.7 Å². The highest BCUT2D eigenvalue weighted by atomic mass is 31.2. The first-order valence-electron chi connectivity index (χ1n) is 17.7. The smallest absolute Gasteiger partial charge is 0.355 e. The molecule has 0 N–H and O–H groups in total. The lowest BCUT2D eigenvalue weighted by molar-refractivity contribution is -0.151. The van der Waals surface area contributed by atoms with E-state index in [0.29, 0.717) is 30.7 Å². The quantitative estimate of drug-likeness (QED) is 0.0325. The van der Waals surface area contributed by atoms with E-state index in [2.05, 4.69) is 66.3 Å². The molecule has 262 valence electrons. The summed E-state index contributed by atoms with van der Waals surface area (Å²) in [7, 11) is -2.03. The van der Waals surface area contributed by atoms with Crippen molar-refractivity contribution in [3.8, 4) is 0 Å². The maximum Gasteiger partial charge on any atom is 0.355 e. The molecule has 46 heavy (non-hydrogen) atoms. The summed E-state index contributed by atoms with van der Waals surface area (Å²) in [6.45, 7) is 24.4. The maximum atomic E-state index is 14.4. The largest absolute Gasteiger partial charge is 0.457 e. The fourth-order valence-corrected chi connectivity index (χ4v) is 12.4. The molecule has 1 aliphatic heterocycles. The Bertz CT molecular complexity index is 1220. The SMILES string of the molecule is C=CCOC(=O)C(N1C(=O)[C@@H](CCO[Si](C)(C)C(C)(C)C)[C@H]1CC(=O)c1cc(C)n(CC)n1)=P(CCCC)(CCCC)CCCC. The molecule has 2 heterocycles. The Labute approximate surface area is 281 Å². The summed E-state index contributed by atoms with van der Waals surface area (Å²) >= 11 is 0. The number of aryl methyl sites for hydroxylation is 2. The molecule has 8 nitrogen and oxygen atoms in total. The van der Waals surface area contributed by atoms with Crippen molar-refractivity contribution in [1.82, 2.24) is 14.7 Å². The summed E-state index contributed by atoms with van der Waals surface area (Å²) in [5.74, 6) is -1.00. The Hall–Kier alpha value is -1.96. The normalized spacial score (nSPS) is 17.2. The number of amides is 1. The lowest BCUT2D eigenvalue weighted by Gasteiger charge is -2.50. The number of esters is 1. The molecule has 2 atom stereocenters. The van der Waals surface area contributed by atoms with Crippen LogP contribution in [0.3, 0.4) is 0 Å². The van der Waals surface area contributed by atoms with Gasteiger partial charge in [-0.05, 0) is 82.2 Å². The molecule has 1 aromatic rings. The number of ether oxygens (including phenoxy) is 1. The van der Waals surface area contributed by atoms with Crippen molar-refractivity contribution >= 4 is 38.3 Å². The van der Waals surface area contributed by atoms with Gasteiger partial charge >= 0.3 is 5.97 Å². The number of aromatic nitrogens is 2. The van der Waals surface area contributed by atoms with Crippen molar-refractivity contribution in [3.63, 3.8) is 0 Å². The lowest BCUT2D eigenvalue weighted by atomic mass is 9.81. The highest BCUT2D eigenvalue weighted by molar-refractivity contribution is 7.77. The van der Waals surface area contributed by atoms with Crippen LogP contribution in [0, 0.1) is 12.8 Å². The van der Waals surface area contributed by atoms with Crippen LogP contribution in [0.4, 0.5) is 0 Å². The molecular formula is C36H64N3O5PSi. The number of hydrogen-bond acceptors (Lipinski definition) is 6. The van der Waals surface area contributed by atoms with Crippen molar-refractivity contribution < 1.29 is 23.5 Å². The molecule has 0 unspecified atom stereocenters. The van der Waals surface area contributed by atoms with Crippen LogP contribution >= 0.6 is 6.89 Å². The van der Waals surface area contributed by atoms with E-state index >= 15 is 0 Å². The van der Waals surface area contributed by atoms with Gasteiger partial charge in [0.2, 0.25) is 5.91 Å². The van der Waals surface area contributed by atoms with Crippen LogP contribution in [0.1, 0.15) is 116 Å². The molecule has 1 amide bonds. The molecule has 1 saturated heterocycles. The summed E-state index contributed by atoms with van der Waals surface area (Å²) < 4.78 is 14.1. The van der Waals surface area contributed by atoms with Gasteiger partial charge in [0, 0.05) is 25.3 Å². The van der Waals surface area contributed by atoms with Crippen molar-refractivity contribution in [2.45, 2.75) is 137 Å². The number of rotatable bonds is 21. The Balaban J connectivity index is 2.70. The van der Waals surface area contributed by atoms with Gasteiger partial charge in [0.1, 0.15) is 17.7 Å². The molecular weight excluding hydrogens is 613 g/mol. The lowest BCUT2D eigenvalue weighted by Crippen LogP contribution is -2.65. The van der Waals surface area contributed by atoms with E-state index < -0.39 is 33.1 Å². The molecule has 0 aromatic carbocycles. The van der Waals surface area contributed by atoms with Crippen LogP contribution in [0.5, 0.6) is 0 Å². The highest BCUT2D eigenvalue weighted by Crippen LogP contribution is 2.54. The zero-order chi connectivity index (χ0) is 34.7. The van der Waals surface area contributed by atoms with Crippen LogP contribution in [-0.4, -0.2) is 83.8 Å². The minimum absolute atomic E-state index is 0.0474. The van der Waals surface area contributed by atoms with Gasteiger partial charge in [-0.1, -0.05) is 80.3 Å². The standard InChI is InChI=1S/C36H64N3O5PSi/c1-12-17-23-45(24-18-13-2,25-19-14-3)34(35(42)43-21-15-4)39-31(27-32(40)30-26-28(6)38(16-5)37-30)29(33(39)41)20-22-44-46(10,11)36(7,8)9/h15,26,29,31H,4,12-14,16-25,27H2,1-3,5-11H3/t29-,31+/m0/s1. The average Bonchev–Trinajstić information content (AvgIpc) is 3.40. The third-order valence-corrected chi connectivity index (χ3v) is 19.4. The van der Waals surface area contributed by atoms with E-state index in [9.17, 15) is 14.4 Å². The Morgan fingerprint density at radius 3 is 2.07 bits per heavy atom. The van der Waals surface area contributed by atoms with Crippen LogP contribution in [0.2, 0.25) is 18.1 Å². The summed E-state index contributed by atoms with van der Waals surface area (Å²) in [5.41, 5.74) is 1.90. The molecule has 0 saturated carbocycles. The number of ketones is 1. The van der Waals surface area contributed by atoms with Crippen LogP contribution < -0.4 is 0 Å². The molecule has 10 heteroatoms. The molecule has 2 rings (SSSR count). The Morgan fingerprint density at radius 1 is 1.04 bits per heavy atom. The number of hydrogen-bond donors (Lipinski definition) is 0. The molecule has 0 aliphatic carbocycles. The zero-order valence-corrected chi connectivity index (χ0v) is 32.6. The monoisotopic (exact) mass is 677 g/mol. The predicted octanol–water partition coefficient (Wildman–Crippen LogP) is 8.30. The highest BCUT2D eigenvalue weighted by Gasteiger charge is 2.53. The topological polar surface area (TPSA) is 90.7 Å². The number of carbonyl (C=O) groups is 3. The second-order valence-electron chi connectivity index (χ2n) is 14.5. The Kier molecular flexibility index (Phi) is 15.7. The van der Waals surface area contributed by atoms with Crippen molar-refractivity contribution in [2.24, 2.45) is 5.92 Å². The third-order valence-electron chi connectivity index (χ3n) is 10.0. The summed E-state index contributed by atoms with van der Waals surface area (Å²) in [5, 5.41) is 4.61. The van der Waals surface area contributed by atoms with E-state index in [4.69, 9.17) is 9.16 Å². The first-order chi connectivity index (χ1) is 21.6. The second kappa shape index (κ2) is 18.0. The molecule has 1 fully saturated rings. The third kappa shape index (κ3) is 9.79. The van der Waals surface area contributed by atoms with E-state index in [1.165, 1.54) is 0 Å². The minimum Gasteiger partial charge on any atom is -0.457 e. The minimum atomic E-state index is -2.12. The fraction of sp³-hybridized carbons (Fsp3) is 0.750. The summed E-state index contributed by atoms with van der Waals surface area (Å²) in [4.78, 5) is 44.1. The van der Waals surface area contributed by atoms with Crippen LogP contribution in [0.25, 0.3) is 0 Å². The molecule has 1 aromatic heterocycles. The Morgan fingerprint density at radius 2 is 1.61 bits per heavy atom. The number of Topliss-reactive ketones (excluding diaryl/α,β-unsaturated/α-hetero) is 1. The number of nitrogens with zero attached hydrogens (tertiary/aromatic N) is 3. The van der Waals surface area contributed by atoms with Gasteiger partial charge in [-0.25, -0.2) is 4.79 Å². The second-order valence-corrected chi connectivity index (χ2v) is 23.3. The zero-order valence-electron chi connectivity index (χ0n) is 30.7. The maximum absolute atomic E-state index is 14.4. The summed E-state index contributed by atoms with van der Waals surface area (Å²) in [6.07, 6.45) is 10.9. The number of likely N-dealkylation sites (tertiary alicyclic amines) is 1. The first kappa shape index (κ1) is 40.2. The van der Waals surface area contributed by atoms with E-state index in [-0.39, 0.29) is 29.8 Å². The number of unbranched alkanes of at least 4 members (excludes halogenated alkanes) is 3. The number of β-lactam (4-membered cyclic amide) rings is 1. The van der Waals surface area contributed by atoms with E-state index in [0.717, 1.165) is 62.7 Å². The molecule has 1 aliphatic rings. The number of carbonyl (C=O) groups excluding carboxylic acids is 3.